The molecule has 0 unspecified atom stereocenters. The van der Waals surface area contributed by atoms with Crippen LogP contribution >= 0.6 is 11.6 Å². The van der Waals surface area contributed by atoms with E-state index in [1.165, 1.54) is 16.7 Å². The minimum atomic E-state index is 0.259. The van der Waals surface area contributed by atoms with Crippen LogP contribution in [0.4, 0.5) is 5.82 Å². The molecule has 0 fully saturated rings. The average Bonchev–Trinajstić information content (AvgIpc) is 2.41. The van der Waals surface area contributed by atoms with E-state index in [0.717, 1.165) is 30.8 Å². The molecule has 2 heterocycles. The Bertz CT molecular complexity index is 669. The standard InChI is InChI=1S/C15H17ClN4/c1-9-5-10(13-7-18-15(17)14(16)19-13)6-11-8-20(2)4-3-12(9)11/h5-7H,3-4,8H2,1-2H3,(H2,17,18). The summed E-state index contributed by atoms with van der Waals surface area (Å²) >= 11 is 5.96. The van der Waals surface area contributed by atoms with Crippen LogP contribution in [0, 0.1) is 6.92 Å². The zero-order valence-corrected chi connectivity index (χ0v) is 12.4. The van der Waals surface area contributed by atoms with E-state index in [4.69, 9.17) is 17.3 Å². The van der Waals surface area contributed by atoms with Gasteiger partial charge in [0.05, 0.1) is 11.9 Å². The predicted octanol–water partition coefficient (Wildman–Crippen LogP) is 2.68. The van der Waals surface area contributed by atoms with Gasteiger partial charge in [-0.05, 0) is 49.2 Å². The third-order valence-corrected chi connectivity index (χ3v) is 4.08. The molecular formula is C15H17ClN4. The smallest absolute Gasteiger partial charge is 0.171 e. The molecule has 1 aromatic heterocycles. The Balaban J connectivity index is 2.08. The summed E-state index contributed by atoms with van der Waals surface area (Å²) in [5, 5.41) is 0.259. The van der Waals surface area contributed by atoms with Gasteiger partial charge in [-0.1, -0.05) is 11.6 Å². The van der Waals surface area contributed by atoms with Crippen LogP contribution in [0.3, 0.4) is 0 Å². The highest BCUT2D eigenvalue weighted by atomic mass is 35.5. The Labute approximate surface area is 123 Å². The molecule has 0 bridgehead atoms. The Morgan fingerprint density at radius 3 is 2.90 bits per heavy atom. The summed E-state index contributed by atoms with van der Waals surface area (Å²) < 4.78 is 0. The van der Waals surface area contributed by atoms with Crippen molar-refractivity contribution in [3.8, 4) is 11.3 Å². The van der Waals surface area contributed by atoms with E-state index < -0.39 is 0 Å². The van der Waals surface area contributed by atoms with Gasteiger partial charge in [0, 0.05) is 18.7 Å². The summed E-state index contributed by atoms with van der Waals surface area (Å²) in [4.78, 5) is 10.7. The molecule has 1 aromatic carbocycles. The first-order chi connectivity index (χ1) is 9.54. The molecule has 2 N–H and O–H groups in total. The fourth-order valence-corrected chi connectivity index (χ4v) is 2.86. The quantitative estimate of drug-likeness (QED) is 0.876. The van der Waals surface area contributed by atoms with Crippen molar-refractivity contribution in [3.63, 3.8) is 0 Å². The maximum atomic E-state index is 5.96. The summed E-state index contributed by atoms with van der Waals surface area (Å²) in [7, 11) is 2.14. The summed E-state index contributed by atoms with van der Waals surface area (Å²) in [6.45, 7) is 4.24. The maximum Gasteiger partial charge on any atom is 0.171 e. The highest BCUT2D eigenvalue weighted by molar-refractivity contribution is 6.31. The van der Waals surface area contributed by atoms with Gasteiger partial charge in [-0.3, -0.25) is 0 Å². The van der Waals surface area contributed by atoms with Crippen LogP contribution in [-0.2, 0) is 13.0 Å². The molecule has 3 rings (SSSR count). The van der Waals surface area contributed by atoms with Crippen molar-refractivity contribution < 1.29 is 0 Å². The van der Waals surface area contributed by atoms with Crippen LogP contribution < -0.4 is 5.73 Å². The molecule has 4 nitrogen and oxygen atoms in total. The molecule has 0 spiro atoms. The van der Waals surface area contributed by atoms with Crippen LogP contribution in [-0.4, -0.2) is 28.5 Å². The van der Waals surface area contributed by atoms with Gasteiger partial charge in [-0.15, -0.1) is 0 Å². The normalized spacial score (nSPS) is 15.2. The molecule has 1 aliphatic heterocycles. The second-order valence-corrected chi connectivity index (χ2v) is 5.71. The minimum absolute atomic E-state index is 0.259. The number of benzene rings is 1. The Morgan fingerprint density at radius 2 is 2.15 bits per heavy atom. The predicted molar refractivity (Wildman–Crippen MR) is 81.7 cm³/mol. The summed E-state index contributed by atoms with van der Waals surface area (Å²) in [6.07, 6.45) is 2.78. The number of hydrogen-bond donors (Lipinski definition) is 1. The molecule has 0 saturated heterocycles. The third-order valence-electron chi connectivity index (χ3n) is 3.80. The Hall–Kier alpha value is -1.65. The number of aryl methyl sites for hydroxylation is 1. The second-order valence-electron chi connectivity index (χ2n) is 5.35. The molecule has 0 amide bonds. The average molecular weight is 289 g/mol. The molecular weight excluding hydrogens is 272 g/mol. The fourth-order valence-electron chi connectivity index (χ4n) is 2.72. The summed E-state index contributed by atoms with van der Waals surface area (Å²) in [5.41, 5.74) is 11.6. The topological polar surface area (TPSA) is 55.0 Å². The SMILES string of the molecule is Cc1cc(-c2cnc(N)c(Cl)n2)cc2c1CCN(C)C2. The van der Waals surface area contributed by atoms with Crippen molar-refractivity contribution in [1.82, 2.24) is 14.9 Å². The first-order valence-electron chi connectivity index (χ1n) is 6.64. The van der Waals surface area contributed by atoms with Gasteiger partial charge in [0.15, 0.2) is 11.0 Å². The number of nitrogen functional groups attached to an aromatic ring is 1. The molecule has 20 heavy (non-hydrogen) atoms. The number of nitrogens with zero attached hydrogens (tertiary/aromatic N) is 3. The van der Waals surface area contributed by atoms with E-state index in [9.17, 15) is 0 Å². The van der Waals surface area contributed by atoms with Crippen LogP contribution in [0.15, 0.2) is 18.3 Å². The van der Waals surface area contributed by atoms with Crippen molar-refractivity contribution in [2.45, 2.75) is 19.9 Å². The first kappa shape index (κ1) is 13.3. The number of hydrogen-bond acceptors (Lipinski definition) is 4. The van der Waals surface area contributed by atoms with Crippen LogP contribution in [0.5, 0.6) is 0 Å². The Kier molecular flexibility index (Phi) is 3.36. The van der Waals surface area contributed by atoms with E-state index in [0.29, 0.717) is 0 Å². The molecule has 5 heteroatoms. The summed E-state index contributed by atoms with van der Waals surface area (Å²) in [5.74, 6) is 0.268. The second kappa shape index (κ2) is 5.04. The van der Waals surface area contributed by atoms with Crippen LogP contribution in [0.2, 0.25) is 5.15 Å². The highest BCUT2D eigenvalue weighted by Crippen LogP contribution is 2.29. The molecule has 0 atom stereocenters. The third kappa shape index (κ3) is 2.37. The number of aromatic nitrogens is 2. The van der Waals surface area contributed by atoms with E-state index >= 15 is 0 Å². The number of halogens is 1. The molecule has 1 aliphatic rings. The number of anilines is 1. The maximum absolute atomic E-state index is 5.96. The van der Waals surface area contributed by atoms with E-state index in [1.807, 2.05) is 0 Å². The number of fused-ring (bicyclic) bond motifs is 1. The van der Waals surface area contributed by atoms with E-state index in [2.05, 4.69) is 41.0 Å². The van der Waals surface area contributed by atoms with Gasteiger partial charge in [-0.25, -0.2) is 9.97 Å². The van der Waals surface area contributed by atoms with Crippen molar-refractivity contribution in [2.75, 3.05) is 19.3 Å². The van der Waals surface area contributed by atoms with Crippen molar-refractivity contribution in [2.24, 2.45) is 0 Å². The minimum Gasteiger partial charge on any atom is -0.381 e. The molecule has 104 valence electrons. The lowest BCUT2D eigenvalue weighted by molar-refractivity contribution is 0.312. The van der Waals surface area contributed by atoms with E-state index in [-0.39, 0.29) is 11.0 Å². The van der Waals surface area contributed by atoms with Gasteiger partial charge in [0.2, 0.25) is 0 Å². The number of nitrogens with two attached hydrogens (primary N) is 1. The fraction of sp³-hybridized carbons (Fsp3) is 0.333. The number of rotatable bonds is 1. The van der Waals surface area contributed by atoms with Crippen molar-refractivity contribution >= 4 is 17.4 Å². The van der Waals surface area contributed by atoms with Gasteiger partial charge >= 0.3 is 0 Å². The molecule has 2 aromatic rings. The van der Waals surface area contributed by atoms with Crippen LogP contribution in [0.25, 0.3) is 11.3 Å². The first-order valence-corrected chi connectivity index (χ1v) is 7.01. The molecule has 0 radical (unpaired) electrons. The molecule has 0 aliphatic carbocycles. The van der Waals surface area contributed by atoms with Crippen molar-refractivity contribution in [3.05, 3.63) is 40.2 Å². The zero-order chi connectivity index (χ0) is 14.3. The number of likely N-dealkylation sites (N-methyl/N-ethyl adjacent to an activating group) is 1. The van der Waals surface area contributed by atoms with Gasteiger partial charge in [-0.2, -0.15) is 0 Å². The zero-order valence-electron chi connectivity index (χ0n) is 11.7. The highest BCUT2D eigenvalue weighted by Gasteiger charge is 2.17. The van der Waals surface area contributed by atoms with Gasteiger partial charge < -0.3 is 10.6 Å². The van der Waals surface area contributed by atoms with Gasteiger partial charge in [0.1, 0.15) is 0 Å². The lowest BCUT2D eigenvalue weighted by atomic mass is 9.92. The van der Waals surface area contributed by atoms with Crippen LogP contribution in [0.1, 0.15) is 16.7 Å². The largest absolute Gasteiger partial charge is 0.381 e. The molecule has 0 saturated carbocycles. The van der Waals surface area contributed by atoms with Gasteiger partial charge in [0.25, 0.3) is 0 Å². The lowest BCUT2D eigenvalue weighted by Gasteiger charge is -2.27. The summed E-state index contributed by atoms with van der Waals surface area (Å²) in [6, 6.07) is 4.34. The lowest BCUT2D eigenvalue weighted by Crippen LogP contribution is -2.27. The van der Waals surface area contributed by atoms with Crippen molar-refractivity contribution in [1.29, 1.82) is 0 Å². The monoisotopic (exact) mass is 288 g/mol. The van der Waals surface area contributed by atoms with E-state index in [1.54, 1.807) is 6.20 Å². The Morgan fingerprint density at radius 1 is 1.35 bits per heavy atom.